The van der Waals surface area contributed by atoms with E-state index < -0.39 is 5.97 Å². The zero-order chi connectivity index (χ0) is 19.6. The van der Waals surface area contributed by atoms with Crippen molar-refractivity contribution in [3.05, 3.63) is 89.5 Å². The summed E-state index contributed by atoms with van der Waals surface area (Å²) >= 11 is 0. The lowest BCUT2D eigenvalue weighted by molar-refractivity contribution is -0.132. The largest absolute Gasteiger partial charge is 0.478 e. The van der Waals surface area contributed by atoms with Crippen LogP contribution in [0.1, 0.15) is 25.0 Å². The van der Waals surface area contributed by atoms with Crippen LogP contribution in [0.15, 0.2) is 83.4 Å². The molecule has 0 amide bonds. The fraction of sp³-hybridized carbons (Fsp3) is 0.167. The van der Waals surface area contributed by atoms with Crippen molar-refractivity contribution in [1.82, 2.24) is 0 Å². The van der Waals surface area contributed by atoms with E-state index in [1.807, 2.05) is 44.2 Å². The molecule has 0 heterocycles. The highest BCUT2D eigenvalue weighted by atomic mass is 16.4. The quantitative estimate of drug-likeness (QED) is 0.788. The predicted octanol–water partition coefficient (Wildman–Crippen LogP) is 5.48. The maximum atomic E-state index is 11.7. The number of nitrogens with zero attached hydrogens (tertiary/aromatic N) is 1. The molecule has 0 unspecified atom stereocenters. The molecular formula is C24H23NO2. The van der Waals surface area contributed by atoms with E-state index in [0.717, 1.165) is 16.7 Å². The molecule has 0 aliphatic heterocycles. The van der Waals surface area contributed by atoms with Gasteiger partial charge >= 0.3 is 5.97 Å². The molecule has 27 heavy (non-hydrogen) atoms. The number of benzene rings is 2. The first-order chi connectivity index (χ1) is 12.9. The number of hydrogen-bond donors (Lipinski definition) is 1. The van der Waals surface area contributed by atoms with E-state index in [4.69, 9.17) is 0 Å². The average molecular weight is 357 g/mol. The molecule has 2 aromatic rings. The molecule has 136 valence electrons. The molecule has 3 rings (SSSR count). The van der Waals surface area contributed by atoms with E-state index in [1.54, 1.807) is 6.08 Å². The molecule has 0 aromatic heterocycles. The minimum atomic E-state index is -0.988. The van der Waals surface area contributed by atoms with Crippen LogP contribution in [0.3, 0.4) is 0 Å². The van der Waals surface area contributed by atoms with Gasteiger partial charge in [0, 0.05) is 6.04 Å². The zero-order valence-corrected chi connectivity index (χ0v) is 15.9. The Morgan fingerprint density at radius 1 is 1.00 bits per heavy atom. The Labute approximate surface area is 160 Å². The standard InChI is InChI=1S/C24H23NO2/c1-15(2)25-23-17(4)13-20(14-22(23)24(26)27)18-9-11-19(12-10-18)21-8-6-5-7-16(21)3/h5-15H,4H2,1-3H3,(H,26,27). The van der Waals surface area contributed by atoms with Gasteiger partial charge in [-0.3, -0.25) is 4.99 Å². The van der Waals surface area contributed by atoms with Crippen molar-refractivity contribution in [3.8, 4) is 11.1 Å². The normalized spacial score (nSPS) is 15.7. The number of aliphatic carboxylic acids is 1. The van der Waals surface area contributed by atoms with Crippen molar-refractivity contribution in [2.45, 2.75) is 26.8 Å². The summed E-state index contributed by atoms with van der Waals surface area (Å²) in [4.78, 5) is 16.2. The molecule has 3 nitrogen and oxygen atoms in total. The number of aryl methyl sites for hydroxylation is 1. The van der Waals surface area contributed by atoms with Crippen molar-refractivity contribution in [2.24, 2.45) is 4.99 Å². The third-order valence-corrected chi connectivity index (χ3v) is 4.48. The second kappa shape index (κ2) is 7.58. The second-order valence-electron chi connectivity index (χ2n) is 6.95. The Kier molecular flexibility index (Phi) is 5.22. The van der Waals surface area contributed by atoms with E-state index in [1.165, 1.54) is 11.1 Å². The van der Waals surface area contributed by atoms with E-state index in [0.29, 0.717) is 11.3 Å². The summed E-state index contributed by atoms with van der Waals surface area (Å²) in [5, 5.41) is 9.61. The molecule has 0 radical (unpaired) electrons. The van der Waals surface area contributed by atoms with Gasteiger partial charge in [-0.05, 0) is 66.3 Å². The zero-order valence-electron chi connectivity index (χ0n) is 15.9. The summed E-state index contributed by atoms with van der Waals surface area (Å²) in [6.07, 6.45) is 3.58. The van der Waals surface area contributed by atoms with Gasteiger partial charge in [0.15, 0.2) is 0 Å². The maximum Gasteiger partial charge on any atom is 0.337 e. The topological polar surface area (TPSA) is 49.7 Å². The molecule has 2 aromatic carbocycles. The first-order valence-electron chi connectivity index (χ1n) is 8.97. The summed E-state index contributed by atoms with van der Waals surface area (Å²) in [6, 6.07) is 16.4. The van der Waals surface area contributed by atoms with Crippen molar-refractivity contribution >= 4 is 17.3 Å². The number of carboxylic acid groups (broad SMARTS) is 1. The van der Waals surface area contributed by atoms with Crippen LogP contribution in [0.4, 0.5) is 0 Å². The van der Waals surface area contributed by atoms with Gasteiger partial charge < -0.3 is 5.11 Å². The van der Waals surface area contributed by atoms with Crippen molar-refractivity contribution in [3.63, 3.8) is 0 Å². The second-order valence-corrected chi connectivity index (χ2v) is 6.95. The molecule has 3 heteroatoms. The Balaban J connectivity index is 1.98. The lowest BCUT2D eigenvalue weighted by atomic mass is 9.89. The van der Waals surface area contributed by atoms with E-state index in [2.05, 4.69) is 42.8 Å². The van der Waals surface area contributed by atoms with Crippen molar-refractivity contribution in [1.29, 1.82) is 0 Å². The molecule has 0 saturated heterocycles. The number of carboxylic acids is 1. The molecular weight excluding hydrogens is 334 g/mol. The third-order valence-electron chi connectivity index (χ3n) is 4.48. The van der Waals surface area contributed by atoms with Crippen LogP contribution in [-0.2, 0) is 4.79 Å². The number of allylic oxidation sites excluding steroid dienone is 4. The van der Waals surface area contributed by atoms with Gasteiger partial charge in [0.1, 0.15) is 0 Å². The number of aliphatic imine (C=N–C) groups is 1. The average Bonchev–Trinajstić information content (AvgIpc) is 2.63. The van der Waals surface area contributed by atoms with Gasteiger partial charge in [0.05, 0.1) is 11.3 Å². The maximum absolute atomic E-state index is 11.7. The number of carbonyl (C=O) groups is 1. The van der Waals surface area contributed by atoms with Gasteiger partial charge in [-0.1, -0.05) is 55.1 Å². The predicted molar refractivity (Wildman–Crippen MR) is 112 cm³/mol. The van der Waals surface area contributed by atoms with Gasteiger partial charge in [0.25, 0.3) is 0 Å². The molecule has 0 bridgehead atoms. The minimum Gasteiger partial charge on any atom is -0.478 e. The Morgan fingerprint density at radius 2 is 1.63 bits per heavy atom. The van der Waals surface area contributed by atoms with Crippen LogP contribution in [0, 0.1) is 6.92 Å². The van der Waals surface area contributed by atoms with Gasteiger partial charge in [-0.15, -0.1) is 0 Å². The van der Waals surface area contributed by atoms with Gasteiger partial charge in [-0.25, -0.2) is 4.79 Å². The Hall–Kier alpha value is -3.20. The first-order valence-corrected chi connectivity index (χ1v) is 8.97. The van der Waals surface area contributed by atoms with Gasteiger partial charge in [0.2, 0.25) is 0 Å². The summed E-state index contributed by atoms with van der Waals surface area (Å²) in [7, 11) is 0. The van der Waals surface area contributed by atoms with Crippen molar-refractivity contribution in [2.75, 3.05) is 0 Å². The molecule has 0 saturated carbocycles. The summed E-state index contributed by atoms with van der Waals surface area (Å²) in [6.45, 7) is 9.95. The van der Waals surface area contributed by atoms with Crippen LogP contribution in [-0.4, -0.2) is 22.8 Å². The first kappa shape index (κ1) is 18.6. The van der Waals surface area contributed by atoms with E-state index in [-0.39, 0.29) is 11.6 Å². The Morgan fingerprint density at radius 3 is 2.22 bits per heavy atom. The number of rotatable bonds is 4. The summed E-state index contributed by atoms with van der Waals surface area (Å²) in [5.74, 6) is -0.988. The minimum absolute atomic E-state index is 0.00263. The smallest absolute Gasteiger partial charge is 0.337 e. The molecule has 0 atom stereocenters. The molecule has 1 aliphatic carbocycles. The monoisotopic (exact) mass is 357 g/mol. The lowest BCUT2D eigenvalue weighted by Gasteiger charge is -2.17. The van der Waals surface area contributed by atoms with Crippen LogP contribution in [0.5, 0.6) is 0 Å². The highest BCUT2D eigenvalue weighted by Gasteiger charge is 2.22. The van der Waals surface area contributed by atoms with Crippen LogP contribution >= 0.6 is 0 Å². The molecule has 1 aliphatic rings. The fourth-order valence-electron chi connectivity index (χ4n) is 3.17. The highest BCUT2D eigenvalue weighted by molar-refractivity contribution is 6.30. The molecule has 0 spiro atoms. The van der Waals surface area contributed by atoms with Crippen LogP contribution in [0.2, 0.25) is 0 Å². The third kappa shape index (κ3) is 3.98. The van der Waals surface area contributed by atoms with Crippen LogP contribution in [0.25, 0.3) is 16.7 Å². The van der Waals surface area contributed by atoms with E-state index in [9.17, 15) is 9.90 Å². The summed E-state index contributed by atoms with van der Waals surface area (Å²) in [5.41, 5.74) is 6.61. The molecule has 1 N–H and O–H groups in total. The fourth-order valence-corrected chi connectivity index (χ4v) is 3.17. The Bertz CT molecular complexity index is 989. The number of hydrogen-bond acceptors (Lipinski definition) is 2. The van der Waals surface area contributed by atoms with Gasteiger partial charge in [-0.2, -0.15) is 0 Å². The SMILES string of the molecule is C=C1C=C(c2ccc(-c3ccccc3C)cc2)C=C(C(=O)O)C1=NC(C)C. The highest BCUT2D eigenvalue weighted by Crippen LogP contribution is 2.30. The van der Waals surface area contributed by atoms with Crippen LogP contribution < -0.4 is 0 Å². The van der Waals surface area contributed by atoms with E-state index >= 15 is 0 Å². The lowest BCUT2D eigenvalue weighted by Crippen LogP contribution is -2.18. The summed E-state index contributed by atoms with van der Waals surface area (Å²) < 4.78 is 0. The molecule has 0 fully saturated rings. The van der Waals surface area contributed by atoms with Crippen molar-refractivity contribution < 1.29 is 9.90 Å².